The van der Waals surface area contributed by atoms with Crippen molar-refractivity contribution in [3.05, 3.63) is 0 Å². The standard InChI is InChI=1S/C5H5F7O4/c6-1(7)2(13,14)3(8,9)4(15,16)5(10,11)12/h1,13-16H. The Morgan fingerprint density at radius 2 is 1.06 bits per heavy atom. The van der Waals surface area contributed by atoms with Crippen LogP contribution in [0.2, 0.25) is 0 Å². The minimum absolute atomic E-state index is 4.76. The van der Waals surface area contributed by atoms with Gasteiger partial charge < -0.3 is 20.4 Å². The summed E-state index contributed by atoms with van der Waals surface area (Å²) in [6.07, 6.45) is -11.2. The maximum absolute atomic E-state index is 12.5. The number of aliphatic hydroxyl groups is 4. The van der Waals surface area contributed by atoms with E-state index in [1.54, 1.807) is 0 Å². The fourth-order valence-corrected chi connectivity index (χ4v) is 0.572. The second-order valence-electron chi connectivity index (χ2n) is 2.77. The van der Waals surface area contributed by atoms with Crippen molar-refractivity contribution >= 4 is 0 Å². The highest BCUT2D eigenvalue weighted by molar-refractivity contribution is 4.99. The van der Waals surface area contributed by atoms with E-state index in [4.69, 9.17) is 20.4 Å². The van der Waals surface area contributed by atoms with Crippen LogP contribution in [-0.2, 0) is 0 Å². The molecule has 0 saturated carbocycles. The third kappa shape index (κ3) is 1.95. The minimum atomic E-state index is -6.47. The molecule has 16 heavy (non-hydrogen) atoms. The summed E-state index contributed by atoms with van der Waals surface area (Å²) in [5.41, 5.74) is 0. The third-order valence-electron chi connectivity index (χ3n) is 1.60. The van der Waals surface area contributed by atoms with Crippen LogP contribution in [0.5, 0.6) is 0 Å². The van der Waals surface area contributed by atoms with E-state index in [-0.39, 0.29) is 0 Å². The van der Waals surface area contributed by atoms with Crippen molar-refractivity contribution in [1.82, 2.24) is 0 Å². The Morgan fingerprint density at radius 1 is 0.750 bits per heavy atom. The van der Waals surface area contributed by atoms with Crippen LogP contribution in [0.3, 0.4) is 0 Å². The van der Waals surface area contributed by atoms with E-state index < -0.39 is 30.1 Å². The van der Waals surface area contributed by atoms with Crippen molar-refractivity contribution in [2.24, 2.45) is 0 Å². The topological polar surface area (TPSA) is 80.9 Å². The Labute approximate surface area is 82.5 Å². The average Bonchev–Trinajstić information content (AvgIpc) is 2.00. The molecule has 11 heteroatoms. The molecule has 0 bridgehead atoms. The predicted molar refractivity (Wildman–Crippen MR) is 31.3 cm³/mol. The normalized spacial score (nSPS) is 15.8. The van der Waals surface area contributed by atoms with Gasteiger partial charge in [-0.3, -0.25) is 0 Å². The van der Waals surface area contributed by atoms with Gasteiger partial charge in [0.1, 0.15) is 0 Å². The van der Waals surface area contributed by atoms with Crippen LogP contribution in [0.15, 0.2) is 0 Å². The summed E-state index contributed by atoms with van der Waals surface area (Å²) in [6, 6.07) is 0. The fraction of sp³-hybridized carbons (Fsp3) is 1.00. The number of halogens is 7. The largest absolute Gasteiger partial charge is 0.449 e. The van der Waals surface area contributed by atoms with Crippen LogP contribution >= 0.6 is 0 Å². The minimum Gasteiger partial charge on any atom is -0.356 e. The zero-order valence-electron chi connectivity index (χ0n) is 7.01. The first kappa shape index (κ1) is 15.3. The number of hydrogen-bond acceptors (Lipinski definition) is 4. The molecular formula is C5H5F7O4. The lowest BCUT2D eigenvalue weighted by Crippen LogP contribution is -2.70. The molecule has 0 spiro atoms. The van der Waals surface area contributed by atoms with Gasteiger partial charge in [-0.2, -0.15) is 22.0 Å². The lowest BCUT2D eigenvalue weighted by molar-refractivity contribution is -0.478. The highest BCUT2D eigenvalue weighted by Gasteiger charge is 2.78. The molecule has 0 saturated heterocycles. The maximum Gasteiger partial charge on any atom is 0.449 e. The van der Waals surface area contributed by atoms with E-state index >= 15 is 0 Å². The van der Waals surface area contributed by atoms with Gasteiger partial charge in [0.05, 0.1) is 0 Å². The molecular weight excluding hydrogens is 257 g/mol. The first-order valence-corrected chi connectivity index (χ1v) is 3.31. The van der Waals surface area contributed by atoms with Gasteiger partial charge in [-0.05, 0) is 0 Å². The molecule has 0 amide bonds. The van der Waals surface area contributed by atoms with Crippen LogP contribution in [0.25, 0.3) is 0 Å². The molecule has 0 aromatic carbocycles. The van der Waals surface area contributed by atoms with Gasteiger partial charge in [-0.15, -0.1) is 0 Å². The van der Waals surface area contributed by atoms with E-state index in [1.165, 1.54) is 0 Å². The van der Waals surface area contributed by atoms with Crippen LogP contribution in [0.4, 0.5) is 30.7 Å². The van der Waals surface area contributed by atoms with E-state index in [0.29, 0.717) is 0 Å². The van der Waals surface area contributed by atoms with E-state index in [1.807, 2.05) is 0 Å². The summed E-state index contributed by atoms with van der Waals surface area (Å²) in [7, 11) is 0. The molecule has 0 aliphatic carbocycles. The summed E-state index contributed by atoms with van der Waals surface area (Å²) in [5.74, 6) is -17.9. The van der Waals surface area contributed by atoms with Gasteiger partial charge in [0.25, 0.3) is 12.2 Å². The van der Waals surface area contributed by atoms with E-state index in [9.17, 15) is 30.7 Å². The smallest absolute Gasteiger partial charge is 0.356 e. The van der Waals surface area contributed by atoms with Gasteiger partial charge in [0.15, 0.2) is 0 Å². The van der Waals surface area contributed by atoms with Crippen LogP contribution < -0.4 is 0 Å². The third-order valence-corrected chi connectivity index (χ3v) is 1.60. The SMILES string of the molecule is OC(O)(C(F)F)C(F)(F)C(O)(O)C(F)(F)F. The second-order valence-corrected chi connectivity index (χ2v) is 2.77. The quantitative estimate of drug-likeness (QED) is 0.420. The van der Waals surface area contributed by atoms with Crippen molar-refractivity contribution in [3.63, 3.8) is 0 Å². The summed E-state index contributed by atoms with van der Waals surface area (Å²) in [6.45, 7) is 0. The molecule has 98 valence electrons. The van der Waals surface area contributed by atoms with Gasteiger partial charge >= 0.3 is 17.9 Å². The number of alkyl halides is 7. The molecule has 4 nitrogen and oxygen atoms in total. The summed E-state index contributed by atoms with van der Waals surface area (Å²) in [4.78, 5) is 0. The van der Waals surface area contributed by atoms with Crippen molar-refractivity contribution in [3.8, 4) is 0 Å². The van der Waals surface area contributed by atoms with Crippen molar-refractivity contribution in [2.45, 2.75) is 30.1 Å². The van der Waals surface area contributed by atoms with Crippen molar-refractivity contribution in [2.75, 3.05) is 0 Å². The highest BCUT2D eigenvalue weighted by Crippen LogP contribution is 2.46. The Morgan fingerprint density at radius 3 is 1.25 bits per heavy atom. The van der Waals surface area contributed by atoms with Gasteiger partial charge in [-0.1, -0.05) is 0 Å². The summed E-state index contributed by atoms with van der Waals surface area (Å²) in [5, 5.41) is 32.1. The zero-order valence-corrected chi connectivity index (χ0v) is 7.01. The van der Waals surface area contributed by atoms with Gasteiger partial charge in [0, 0.05) is 0 Å². The molecule has 0 unspecified atom stereocenters. The first-order chi connectivity index (χ1) is 6.69. The summed E-state index contributed by atoms with van der Waals surface area (Å²) >= 11 is 0. The average molecular weight is 262 g/mol. The fourth-order valence-electron chi connectivity index (χ4n) is 0.572. The zero-order chi connectivity index (χ0) is 13.6. The molecule has 0 rings (SSSR count). The molecule has 0 aromatic rings. The molecule has 0 fully saturated rings. The molecule has 0 radical (unpaired) electrons. The van der Waals surface area contributed by atoms with Crippen molar-refractivity contribution in [1.29, 1.82) is 0 Å². The van der Waals surface area contributed by atoms with Crippen molar-refractivity contribution < 1.29 is 51.2 Å². The molecule has 0 atom stereocenters. The number of hydrogen-bond donors (Lipinski definition) is 4. The molecule has 0 aromatic heterocycles. The highest BCUT2D eigenvalue weighted by atomic mass is 19.4. The van der Waals surface area contributed by atoms with Gasteiger partial charge in [0.2, 0.25) is 0 Å². The van der Waals surface area contributed by atoms with Crippen LogP contribution in [0.1, 0.15) is 0 Å². The number of rotatable bonds is 3. The first-order valence-electron chi connectivity index (χ1n) is 3.31. The van der Waals surface area contributed by atoms with E-state index in [2.05, 4.69) is 0 Å². The van der Waals surface area contributed by atoms with E-state index in [0.717, 1.165) is 0 Å². The van der Waals surface area contributed by atoms with Gasteiger partial charge in [-0.25, -0.2) is 8.78 Å². The Bertz CT molecular complexity index is 258. The van der Waals surface area contributed by atoms with Crippen LogP contribution in [-0.4, -0.2) is 50.5 Å². The molecule has 0 aliphatic heterocycles. The molecule has 0 aliphatic rings. The predicted octanol–water partition coefficient (Wildman–Crippen LogP) is -0.189. The second kappa shape index (κ2) is 3.68. The Hall–Kier alpha value is -0.650. The Kier molecular flexibility index (Phi) is 3.53. The molecule has 4 N–H and O–H groups in total. The maximum atomic E-state index is 12.5. The summed E-state index contributed by atoms with van der Waals surface area (Å²) < 4.78 is 83.4. The van der Waals surface area contributed by atoms with Crippen LogP contribution in [0, 0.1) is 0 Å². The monoisotopic (exact) mass is 262 g/mol. The lowest BCUT2D eigenvalue weighted by Gasteiger charge is -2.38. The Balaban J connectivity index is 5.53. The lowest BCUT2D eigenvalue weighted by atomic mass is 9.99. The molecule has 0 heterocycles.